The molecule has 33 heavy (non-hydrogen) atoms. The van der Waals surface area contributed by atoms with Crippen LogP contribution < -0.4 is 14.8 Å². The highest BCUT2D eigenvalue weighted by Gasteiger charge is 2.15. The van der Waals surface area contributed by atoms with Crippen molar-refractivity contribution in [3.05, 3.63) is 54.1 Å². The number of nitrogens with zero attached hydrogens (tertiary/aromatic N) is 7. The number of aromatic nitrogens is 7. The molecule has 0 aliphatic heterocycles. The number of carbonyl (C=O) groups excluding carboxylic acids is 1. The maximum atomic E-state index is 12.7. The Bertz CT molecular complexity index is 1270. The summed E-state index contributed by atoms with van der Waals surface area (Å²) in [5.41, 5.74) is 2.11. The second-order valence-corrected chi connectivity index (χ2v) is 7.87. The molecule has 0 atom stereocenters. The highest BCUT2D eigenvalue weighted by Crippen LogP contribution is 2.27. The molecule has 0 fully saturated rings. The van der Waals surface area contributed by atoms with E-state index < -0.39 is 0 Å². The van der Waals surface area contributed by atoms with Gasteiger partial charge in [-0.3, -0.25) is 9.36 Å². The summed E-state index contributed by atoms with van der Waals surface area (Å²) in [6.07, 6.45) is 0. The van der Waals surface area contributed by atoms with E-state index in [1.807, 2.05) is 35.8 Å². The predicted octanol–water partition coefficient (Wildman–Crippen LogP) is 2.61. The number of methoxy groups -OCH3 is 2. The van der Waals surface area contributed by atoms with E-state index >= 15 is 0 Å². The SMILES string of the molecule is COc1ccc(-n2c(C)nnc2SCC(=O)Nc2ccc(OC)c(-n3nnnc3C)c2)cc1. The van der Waals surface area contributed by atoms with Crippen molar-refractivity contribution in [3.8, 4) is 22.9 Å². The molecule has 4 rings (SSSR count). The molecular weight excluding hydrogens is 444 g/mol. The molecule has 2 aromatic carbocycles. The van der Waals surface area contributed by atoms with Crippen LogP contribution in [0.1, 0.15) is 11.6 Å². The molecule has 0 bridgehead atoms. The Balaban J connectivity index is 1.47. The molecule has 1 amide bonds. The molecule has 0 spiro atoms. The highest BCUT2D eigenvalue weighted by atomic mass is 32.2. The smallest absolute Gasteiger partial charge is 0.234 e. The monoisotopic (exact) mass is 466 g/mol. The van der Waals surface area contributed by atoms with Crippen LogP contribution in [0.3, 0.4) is 0 Å². The summed E-state index contributed by atoms with van der Waals surface area (Å²) in [5.74, 6) is 2.63. The Hall–Kier alpha value is -3.93. The third-order valence-electron chi connectivity index (χ3n) is 4.77. The van der Waals surface area contributed by atoms with Crippen LogP contribution in [-0.4, -0.2) is 60.9 Å². The van der Waals surface area contributed by atoms with Gasteiger partial charge in [0.15, 0.2) is 11.0 Å². The number of thioether (sulfide) groups is 1. The van der Waals surface area contributed by atoms with Crippen LogP contribution in [0.2, 0.25) is 0 Å². The van der Waals surface area contributed by atoms with E-state index in [0.717, 1.165) is 17.3 Å². The topological polar surface area (TPSA) is 122 Å². The van der Waals surface area contributed by atoms with Gasteiger partial charge in [-0.2, -0.15) is 4.68 Å². The number of carbonyl (C=O) groups is 1. The lowest BCUT2D eigenvalue weighted by Crippen LogP contribution is -2.15. The van der Waals surface area contributed by atoms with Crippen molar-refractivity contribution >= 4 is 23.4 Å². The van der Waals surface area contributed by atoms with E-state index in [-0.39, 0.29) is 11.7 Å². The van der Waals surface area contributed by atoms with Crippen LogP contribution in [0.4, 0.5) is 5.69 Å². The first-order valence-electron chi connectivity index (χ1n) is 9.92. The molecule has 0 saturated heterocycles. The molecular formula is C21H22N8O3S. The summed E-state index contributed by atoms with van der Waals surface area (Å²) in [6.45, 7) is 3.64. The van der Waals surface area contributed by atoms with Crippen LogP contribution in [0.25, 0.3) is 11.4 Å². The van der Waals surface area contributed by atoms with Gasteiger partial charge in [0.2, 0.25) is 5.91 Å². The van der Waals surface area contributed by atoms with Gasteiger partial charge in [-0.25, -0.2) is 0 Å². The fourth-order valence-electron chi connectivity index (χ4n) is 3.18. The minimum atomic E-state index is -0.188. The number of hydrogen-bond acceptors (Lipinski definition) is 9. The average molecular weight is 467 g/mol. The van der Waals surface area contributed by atoms with Crippen molar-refractivity contribution in [3.63, 3.8) is 0 Å². The van der Waals surface area contributed by atoms with Crippen molar-refractivity contribution < 1.29 is 14.3 Å². The van der Waals surface area contributed by atoms with Gasteiger partial charge >= 0.3 is 0 Å². The zero-order valence-corrected chi connectivity index (χ0v) is 19.3. The first-order valence-corrected chi connectivity index (χ1v) is 10.9. The number of aryl methyl sites for hydroxylation is 2. The first kappa shape index (κ1) is 22.3. The fraction of sp³-hybridized carbons (Fsp3) is 0.238. The van der Waals surface area contributed by atoms with Gasteiger partial charge in [-0.15, -0.1) is 15.3 Å². The van der Waals surface area contributed by atoms with E-state index in [1.165, 1.54) is 11.8 Å². The zero-order chi connectivity index (χ0) is 23.4. The number of hydrogen-bond donors (Lipinski definition) is 1. The van der Waals surface area contributed by atoms with Crippen LogP contribution in [0, 0.1) is 13.8 Å². The van der Waals surface area contributed by atoms with E-state index in [4.69, 9.17) is 9.47 Å². The maximum Gasteiger partial charge on any atom is 0.234 e. The Morgan fingerprint density at radius 3 is 2.45 bits per heavy atom. The number of amides is 1. The summed E-state index contributed by atoms with van der Waals surface area (Å²) in [4.78, 5) is 12.7. The molecule has 11 nitrogen and oxygen atoms in total. The summed E-state index contributed by atoms with van der Waals surface area (Å²) in [7, 11) is 3.18. The molecule has 0 aliphatic rings. The Kier molecular flexibility index (Phi) is 6.54. The molecule has 0 saturated carbocycles. The van der Waals surface area contributed by atoms with Gasteiger partial charge in [0.25, 0.3) is 0 Å². The number of nitrogens with one attached hydrogen (secondary N) is 1. The minimum absolute atomic E-state index is 0.152. The van der Waals surface area contributed by atoms with Gasteiger partial charge in [0.05, 0.1) is 20.0 Å². The summed E-state index contributed by atoms with van der Waals surface area (Å²) < 4.78 is 14.1. The lowest BCUT2D eigenvalue weighted by molar-refractivity contribution is -0.113. The Labute approximate surface area is 194 Å². The van der Waals surface area contributed by atoms with E-state index in [1.54, 1.807) is 44.0 Å². The molecule has 0 unspecified atom stereocenters. The molecule has 1 N–H and O–H groups in total. The van der Waals surface area contributed by atoms with Gasteiger partial charge in [0.1, 0.15) is 23.0 Å². The number of anilines is 1. The first-order chi connectivity index (χ1) is 16.0. The molecule has 4 aromatic rings. The third kappa shape index (κ3) is 4.80. The van der Waals surface area contributed by atoms with Crippen molar-refractivity contribution in [2.45, 2.75) is 19.0 Å². The van der Waals surface area contributed by atoms with Gasteiger partial charge in [-0.1, -0.05) is 11.8 Å². The van der Waals surface area contributed by atoms with Crippen LogP contribution >= 0.6 is 11.8 Å². The second-order valence-electron chi connectivity index (χ2n) is 6.92. The zero-order valence-electron chi connectivity index (χ0n) is 18.5. The van der Waals surface area contributed by atoms with Crippen LogP contribution in [0.5, 0.6) is 11.5 Å². The molecule has 0 radical (unpaired) electrons. The lowest BCUT2D eigenvalue weighted by Gasteiger charge is -2.12. The molecule has 2 aromatic heterocycles. The normalized spacial score (nSPS) is 10.8. The number of rotatable bonds is 8. The van der Waals surface area contributed by atoms with Crippen LogP contribution in [-0.2, 0) is 4.79 Å². The van der Waals surface area contributed by atoms with Gasteiger partial charge in [-0.05, 0) is 66.7 Å². The number of tetrazole rings is 1. The Morgan fingerprint density at radius 2 is 1.79 bits per heavy atom. The molecule has 12 heteroatoms. The standard InChI is InChI=1S/C21H22N8O3S/c1-13-23-25-21(28(13)16-6-8-17(31-3)9-7-16)33-12-20(30)22-15-5-10-19(32-4)18(11-15)29-14(2)24-26-27-29/h5-11H,12H2,1-4H3,(H,22,30). The van der Waals surface area contributed by atoms with E-state index in [2.05, 4.69) is 31.0 Å². The lowest BCUT2D eigenvalue weighted by atomic mass is 10.2. The fourth-order valence-corrected chi connectivity index (χ4v) is 3.98. The minimum Gasteiger partial charge on any atom is -0.497 e. The van der Waals surface area contributed by atoms with Crippen LogP contribution in [0.15, 0.2) is 47.6 Å². The molecule has 170 valence electrons. The number of ether oxygens (including phenoxy) is 2. The van der Waals surface area contributed by atoms with Crippen molar-refractivity contribution in [1.29, 1.82) is 0 Å². The van der Waals surface area contributed by atoms with E-state index in [0.29, 0.717) is 28.1 Å². The van der Waals surface area contributed by atoms with Crippen molar-refractivity contribution in [1.82, 2.24) is 35.0 Å². The predicted molar refractivity (Wildman–Crippen MR) is 122 cm³/mol. The molecule has 2 heterocycles. The van der Waals surface area contributed by atoms with E-state index in [9.17, 15) is 4.79 Å². The summed E-state index contributed by atoms with van der Waals surface area (Å²) >= 11 is 1.30. The average Bonchev–Trinajstić information content (AvgIpc) is 3.42. The maximum absolute atomic E-state index is 12.7. The molecule has 0 aliphatic carbocycles. The van der Waals surface area contributed by atoms with Gasteiger partial charge < -0.3 is 14.8 Å². The Morgan fingerprint density at radius 1 is 1.00 bits per heavy atom. The van der Waals surface area contributed by atoms with Crippen molar-refractivity contribution in [2.24, 2.45) is 0 Å². The summed E-state index contributed by atoms with van der Waals surface area (Å²) in [5, 5.41) is 23.4. The largest absolute Gasteiger partial charge is 0.497 e. The second kappa shape index (κ2) is 9.69. The highest BCUT2D eigenvalue weighted by molar-refractivity contribution is 7.99. The summed E-state index contributed by atoms with van der Waals surface area (Å²) in [6, 6.07) is 12.8. The van der Waals surface area contributed by atoms with Gasteiger partial charge in [0, 0.05) is 11.4 Å². The third-order valence-corrected chi connectivity index (χ3v) is 5.70. The number of benzene rings is 2. The van der Waals surface area contributed by atoms with Crippen molar-refractivity contribution in [2.75, 3.05) is 25.3 Å². The quantitative estimate of drug-likeness (QED) is 0.390.